The Kier molecular flexibility index (Phi) is 3.65. The van der Waals surface area contributed by atoms with Gasteiger partial charge in [-0.1, -0.05) is 0 Å². The van der Waals surface area contributed by atoms with Crippen molar-refractivity contribution in [3.05, 3.63) is 0 Å². The SMILES string of the molecule is CC1(C)C(=O)NCCN1CCC(=O)NN. The maximum absolute atomic E-state index is 11.6. The highest BCUT2D eigenvalue weighted by Crippen LogP contribution is 2.17. The predicted molar refractivity (Wildman–Crippen MR) is 55.6 cm³/mol. The average Bonchev–Trinajstić information content (AvgIpc) is 2.20. The van der Waals surface area contributed by atoms with Gasteiger partial charge in [-0.25, -0.2) is 5.84 Å². The summed E-state index contributed by atoms with van der Waals surface area (Å²) in [5.41, 5.74) is 1.53. The van der Waals surface area contributed by atoms with E-state index in [-0.39, 0.29) is 11.8 Å². The molecule has 2 amide bonds. The van der Waals surface area contributed by atoms with Gasteiger partial charge in [-0.3, -0.25) is 19.9 Å². The number of hydrogen-bond donors (Lipinski definition) is 3. The molecule has 6 heteroatoms. The van der Waals surface area contributed by atoms with Crippen molar-refractivity contribution >= 4 is 11.8 Å². The lowest BCUT2D eigenvalue weighted by molar-refractivity contribution is -0.136. The van der Waals surface area contributed by atoms with E-state index in [2.05, 4.69) is 10.7 Å². The van der Waals surface area contributed by atoms with Gasteiger partial charge in [0.1, 0.15) is 0 Å². The van der Waals surface area contributed by atoms with Gasteiger partial charge in [-0.2, -0.15) is 0 Å². The number of carbonyl (C=O) groups excluding carboxylic acids is 2. The fourth-order valence-corrected chi connectivity index (χ4v) is 1.64. The first-order valence-corrected chi connectivity index (χ1v) is 5.01. The molecule has 0 unspecified atom stereocenters. The Labute approximate surface area is 89.1 Å². The van der Waals surface area contributed by atoms with Crippen LogP contribution in [0.5, 0.6) is 0 Å². The van der Waals surface area contributed by atoms with E-state index in [0.29, 0.717) is 19.5 Å². The lowest BCUT2D eigenvalue weighted by Crippen LogP contribution is -2.62. The fourth-order valence-electron chi connectivity index (χ4n) is 1.64. The number of carbonyl (C=O) groups is 2. The van der Waals surface area contributed by atoms with Crippen LogP contribution in [0.2, 0.25) is 0 Å². The third-order valence-electron chi connectivity index (χ3n) is 2.78. The Bertz CT molecular complexity index is 265. The monoisotopic (exact) mass is 214 g/mol. The number of amides is 2. The zero-order valence-corrected chi connectivity index (χ0v) is 9.17. The molecule has 1 aliphatic rings. The van der Waals surface area contributed by atoms with Gasteiger partial charge >= 0.3 is 0 Å². The normalized spacial score (nSPS) is 20.9. The predicted octanol–water partition coefficient (Wildman–Crippen LogP) is -1.42. The molecule has 6 nitrogen and oxygen atoms in total. The Morgan fingerprint density at radius 2 is 2.33 bits per heavy atom. The molecule has 15 heavy (non-hydrogen) atoms. The van der Waals surface area contributed by atoms with Crippen LogP contribution in [0.25, 0.3) is 0 Å². The molecule has 0 aromatic rings. The second-order valence-corrected chi connectivity index (χ2v) is 4.12. The number of nitrogens with two attached hydrogens (primary N) is 1. The number of piperazine rings is 1. The van der Waals surface area contributed by atoms with E-state index in [9.17, 15) is 9.59 Å². The molecule has 0 aromatic carbocycles. The summed E-state index contributed by atoms with van der Waals surface area (Å²) in [6.45, 7) is 5.64. The molecule has 86 valence electrons. The first-order chi connectivity index (χ1) is 6.98. The largest absolute Gasteiger partial charge is 0.353 e. The van der Waals surface area contributed by atoms with Gasteiger partial charge in [0, 0.05) is 26.1 Å². The van der Waals surface area contributed by atoms with Gasteiger partial charge < -0.3 is 5.32 Å². The Morgan fingerprint density at radius 1 is 1.67 bits per heavy atom. The second-order valence-electron chi connectivity index (χ2n) is 4.12. The van der Waals surface area contributed by atoms with Crippen LogP contribution in [-0.2, 0) is 9.59 Å². The van der Waals surface area contributed by atoms with Crippen molar-refractivity contribution in [2.24, 2.45) is 5.84 Å². The van der Waals surface area contributed by atoms with Crippen molar-refractivity contribution in [3.63, 3.8) is 0 Å². The van der Waals surface area contributed by atoms with Crippen molar-refractivity contribution in [1.82, 2.24) is 15.6 Å². The summed E-state index contributed by atoms with van der Waals surface area (Å²) in [6.07, 6.45) is 0.313. The summed E-state index contributed by atoms with van der Waals surface area (Å²) in [6, 6.07) is 0. The lowest BCUT2D eigenvalue weighted by Gasteiger charge is -2.41. The third-order valence-corrected chi connectivity index (χ3v) is 2.78. The van der Waals surface area contributed by atoms with E-state index >= 15 is 0 Å². The van der Waals surface area contributed by atoms with E-state index in [1.54, 1.807) is 0 Å². The average molecular weight is 214 g/mol. The summed E-state index contributed by atoms with van der Waals surface area (Å²) >= 11 is 0. The van der Waals surface area contributed by atoms with Gasteiger partial charge in [0.15, 0.2) is 0 Å². The van der Waals surface area contributed by atoms with Crippen LogP contribution in [0.15, 0.2) is 0 Å². The van der Waals surface area contributed by atoms with Crippen LogP contribution in [-0.4, -0.2) is 41.9 Å². The van der Waals surface area contributed by atoms with Crippen LogP contribution >= 0.6 is 0 Å². The molecule has 1 heterocycles. The third kappa shape index (κ3) is 2.66. The molecule has 0 saturated carbocycles. The first-order valence-electron chi connectivity index (χ1n) is 5.01. The molecule has 0 spiro atoms. The molecule has 0 aliphatic carbocycles. The van der Waals surface area contributed by atoms with Gasteiger partial charge in [-0.15, -0.1) is 0 Å². The highest BCUT2D eigenvalue weighted by atomic mass is 16.2. The molecule has 0 bridgehead atoms. The maximum Gasteiger partial charge on any atom is 0.239 e. The summed E-state index contributed by atoms with van der Waals surface area (Å²) in [7, 11) is 0. The minimum Gasteiger partial charge on any atom is -0.353 e. The van der Waals surface area contributed by atoms with E-state index in [1.165, 1.54) is 0 Å². The number of rotatable bonds is 3. The molecule has 0 atom stereocenters. The summed E-state index contributed by atoms with van der Waals surface area (Å²) in [5.74, 6) is 4.78. The van der Waals surface area contributed by atoms with E-state index in [1.807, 2.05) is 18.7 Å². The van der Waals surface area contributed by atoms with Crippen LogP contribution in [0.3, 0.4) is 0 Å². The van der Waals surface area contributed by atoms with Crippen LogP contribution < -0.4 is 16.6 Å². The maximum atomic E-state index is 11.6. The van der Waals surface area contributed by atoms with E-state index < -0.39 is 5.54 Å². The summed E-state index contributed by atoms with van der Waals surface area (Å²) in [4.78, 5) is 24.5. The molecular formula is C9H18N4O2. The minimum atomic E-state index is -0.548. The number of hydrogen-bond acceptors (Lipinski definition) is 4. The van der Waals surface area contributed by atoms with E-state index in [4.69, 9.17) is 5.84 Å². The lowest BCUT2D eigenvalue weighted by atomic mass is 9.99. The molecule has 1 rings (SSSR count). The first kappa shape index (κ1) is 11.9. The van der Waals surface area contributed by atoms with Crippen LogP contribution in [0.4, 0.5) is 0 Å². The molecule has 0 radical (unpaired) electrons. The Hall–Kier alpha value is -1.14. The standard InChI is InChI=1S/C9H18N4O2/c1-9(2)8(15)11-4-6-13(9)5-3-7(14)12-10/h3-6,10H2,1-2H3,(H,11,15)(H,12,14). The Morgan fingerprint density at radius 3 is 2.93 bits per heavy atom. The van der Waals surface area contributed by atoms with Crippen molar-refractivity contribution in [1.29, 1.82) is 0 Å². The van der Waals surface area contributed by atoms with Crippen molar-refractivity contribution in [2.45, 2.75) is 25.8 Å². The topological polar surface area (TPSA) is 87.5 Å². The molecule has 4 N–H and O–H groups in total. The van der Waals surface area contributed by atoms with Crippen molar-refractivity contribution < 1.29 is 9.59 Å². The second kappa shape index (κ2) is 4.59. The van der Waals surface area contributed by atoms with Crippen LogP contribution in [0.1, 0.15) is 20.3 Å². The minimum absolute atomic E-state index is 0.00177. The number of nitrogens with zero attached hydrogens (tertiary/aromatic N) is 1. The Balaban J connectivity index is 2.53. The number of hydrazine groups is 1. The van der Waals surface area contributed by atoms with Gasteiger partial charge in [0.2, 0.25) is 11.8 Å². The van der Waals surface area contributed by atoms with Gasteiger partial charge in [0.25, 0.3) is 0 Å². The molecule has 0 aromatic heterocycles. The van der Waals surface area contributed by atoms with Crippen molar-refractivity contribution in [3.8, 4) is 0 Å². The highest BCUT2D eigenvalue weighted by Gasteiger charge is 2.37. The van der Waals surface area contributed by atoms with Gasteiger partial charge in [-0.05, 0) is 13.8 Å². The highest BCUT2D eigenvalue weighted by molar-refractivity contribution is 5.86. The summed E-state index contributed by atoms with van der Waals surface area (Å²) in [5, 5.41) is 2.80. The van der Waals surface area contributed by atoms with E-state index in [0.717, 1.165) is 6.54 Å². The molecule has 1 aliphatic heterocycles. The fraction of sp³-hybridized carbons (Fsp3) is 0.778. The van der Waals surface area contributed by atoms with Crippen molar-refractivity contribution in [2.75, 3.05) is 19.6 Å². The van der Waals surface area contributed by atoms with Gasteiger partial charge in [0.05, 0.1) is 5.54 Å². The molecular weight excluding hydrogens is 196 g/mol. The quantitative estimate of drug-likeness (QED) is 0.305. The molecule has 1 saturated heterocycles. The molecule has 1 fully saturated rings. The zero-order chi connectivity index (χ0) is 11.5. The number of nitrogens with one attached hydrogen (secondary N) is 2. The van der Waals surface area contributed by atoms with Crippen LogP contribution in [0, 0.1) is 0 Å². The summed E-state index contributed by atoms with van der Waals surface area (Å²) < 4.78 is 0. The smallest absolute Gasteiger partial charge is 0.239 e. The zero-order valence-electron chi connectivity index (χ0n) is 9.17.